The maximum atomic E-state index is 11.3. The molecule has 1 aliphatic carbocycles. The van der Waals surface area contributed by atoms with E-state index in [0.29, 0.717) is 0 Å². The third kappa shape index (κ3) is 1.61. The van der Waals surface area contributed by atoms with Crippen molar-refractivity contribution >= 4 is 5.97 Å². The van der Waals surface area contributed by atoms with Crippen molar-refractivity contribution in [3.05, 3.63) is 35.4 Å². The first-order chi connectivity index (χ1) is 7.62. The molecule has 0 heterocycles. The van der Waals surface area contributed by atoms with Gasteiger partial charge in [0.1, 0.15) is 0 Å². The summed E-state index contributed by atoms with van der Waals surface area (Å²) in [7, 11) is 1.64. The Labute approximate surface area is 95.0 Å². The average Bonchev–Trinajstić information content (AvgIpc) is 3.09. The molecule has 0 bridgehead atoms. The van der Waals surface area contributed by atoms with Crippen LogP contribution in [-0.2, 0) is 14.9 Å². The van der Waals surface area contributed by atoms with Gasteiger partial charge in [-0.25, -0.2) is 0 Å². The van der Waals surface area contributed by atoms with E-state index in [2.05, 4.69) is 0 Å². The molecule has 0 amide bonds. The van der Waals surface area contributed by atoms with Crippen LogP contribution in [0.5, 0.6) is 0 Å². The zero-order chi connectivity index (χ0) is 11.8. The highest BCUT2D eigenvalue weighted by atomic mass is 16.5. The molecule has 1 unspecified atom stereocenters. The summed E-state index contributed by atoms with van der Waals surface area (Å²) in [6.07, 6.45) is 1.40. The Bertz CT molecular complexity index is 407. The highest BCUT2D eigenvalue weighted by molar-refractivity contribution is 5.85. The topological polar surface area (TPSA) is 46.5 Å². The van der Waals surface area contributed by atoms with E-state index in [9.17, 15) is 9.90 Å². The Hall–Kier alpha value is -1.35. The lowest BCUT2D eigenvalue weighted by Crippen LogP contribution is -2.22. The standard InChI is InChI=1S/C13H16O3/c1-9(16-2)10-5-3-4-6-11(10)13(7-8-13)12(14)15/h3-6,9H,7-8H2,1-2H3,(H,14,15). The lowest BCUT2D eigenvalue weighted by molar-refractivity contribution is -0.140. The Morgan fingerprint density at radius 1 is 1.44 bits per heavy atom. The van der Waals surface area contributed by atoms with Gasteiger partial charge in [-0.15, -0.1) is 0 Å². The first kappa shape index (κ1) is 11.1. The smallest absolute Gasteiger partial charge is 0.314 e. The summed E-state index contributed by atoms with van der Waals surface area (Å²) in [6, 6.07) is 7.68. The summed E-state index contributed by atoms with van der Waals surface area (Å²) >= 11 is 0. The van der Waals surface area contributed by atoms with Crippen LogP contribution in [0.25, 0.3) is 0 Å². The molecule has 16 heavy (non-hydrogen) atoms. The van der Waals surface area contributed by atoms with Gasteiger partial charge < -0.3 is 9.84 Å². The van der Waals surface area contributed by atoms with Crippen molar-refractivity contribution in [2.75, 3.05) is 7.11 Å². The van der Waals surface area contributed by atoms with Gasteiger partial charge >= 0.3 is 5.97 Å². The molecule has 1 aromatic rings. The molecule has 3 nitrogen and oxygen atoms in total. The lowest BCUT2D eigenvalue weighted by atomic mass is 9.89. The summed E-state index contributed by atoms with van der Waals surface area (Å²) in [6.45, 7) is 1.94. The minimum atomic E-state index is -0.719. The van der Waals surface area contributed by atoms with Gasteiger partial charge in [-0.3, -0.25) is 4.79 Å². The Kier molecular flexibility index (Phi) is 2.72. The van der Waals surface area contributed by atoms with Crippen LogP contribution in [0.4, 0.5) is 0 Å². The van der Waals surface area contributed by atoms with Crippen LogP contribution in [0.2, 0.25) is 0 Å². The summed E-state index contributed by atoms with van der Waals surface area (Å²) in [4.78, 5) is 11.3. The summed E-state index contributed by atoms with van der Waals surface area (Å²) in [5.41, 5.74) is 1.25. The maximum absolute atomic E-state index is 11.3. The molecule has 1 N–H and O–H groups in total. The van der Waals surface area contributed by atoms with Gasteiger partial charge in [0.2, 0.25) is 0 Å². The Balaban J connectivity index is 2.45. The number of aliphatic carboxylic acids is 1. The molecule has 0 radical (unpaired) electrons. The second-order valence-electron chi connectivity index (χ2n) is 4.35. The van der Waals surface area contributed by atoms with E-state index in [4.69, 9.17) is 4.74 Å². The molecule has 0 aliphatic heterocycles. The minimum Gasteiger partial charge on any atom is -0.481 e. The molecule has 0 spiro atoms. The fourth-order valence-electron chi connectivity index (χ4n) is 2.14. The van der Waals surface area contributed by atoms with Crippen molar-refractivity contribution in [2.45, 2.75) is 31.3 Å². The van der Waals surface area contributed by atoms with E-state index >= 15 is 0 Å². The second-order valence-corrected chi connectivity index (χ2v) is 4.35. The number of carbonyl (C=O) groups is 1. The fourth-order valence-corrected chi connectivity index (χ4v) is 2.14. The number of hydrogen-bond donors (Lipinski definition) is 1. The van der Waals surface area contributed by atoms with Gasteiger partial charge in [0.25, 0.3) is 0 Å². The quantitative estimate of drug-likeness (QED) is 0.848. The number of ether oxygens (including phenoxy) is 1. The van der Waals surface area contributed by atoms with E-state index in [1.165, 1.54) is 0 Å². The predicted octanol–water partition coefficient (Wildman–Crippen LogP) is 2.51. The number of rotatable bonds is 4. The molecule has 2 rings (SSSR count). The van der Waals surface area contributed by atoms with Crippen LogP contribution in [0, 0.1) is 0 Å². The van der Waals surface area contributed by atoms with Gasteiger partial charge in [-0.1, -0.05) is 24.3 Å². The molecule has 1 aliphatic rings. The van der Waals surface area contributed by atoms with Crippen LogP contribution in [0.1, 0.15) is 37.0 Å². The van der Waals surface area contributed by atoms with Gasteiger partial charge in [-0.05, 0) is 30.9 Å². The summed E-state index contributed by atoms with van der Waals surface area (Å²) in [5, 5.41) is 9.30. The van der Waals surface area contributed by atoms with Gasteiger partial charge in [0, 0.05) is 7.11 Å². The van der Waals surface area contributed by atoms with E-state index < -0.39 is 11.4 Å². The molecule has 1 atom stereocenters. The SMILES string of the molecule is COC(C)c1ccccc1C1(C(=O)O)CC1. The number of carboxylic acids is 1. The van der Waals surface area contributed by atoms with Crippen molar-refractivity contribution < 1.29 is 14.6 Å². The first-order valence-corrected chi connectivity index (χ1v) is 5.47. The van der Waals surface area contributed by atoms with Crippen molar-refractivity contribution in [1.29, 1.82) is 0 Å². The Morgan fingerprint density at radius 3 is 2.56 bits per heavy atom. The third-order valence-corrected chi connectivity index (χ3v) is 3.43. The number of carboxylic acid groups (broad SMARTS) is 1. The number of benzene rings is 1. The van der Waals surface area contributed by atoms with E-state index in [0.717, 1.165) is 24.0 Å². The van der Waals surface area contributed by atoms with Crippen LogP contribution >= 0.6 is 0 Å². The first-order valence-electron chi connectivity index (χ1n) is 5.47. The van der Waals surface area contributed by atoms with Crippen LogP contribution in [0.15, 0.2) is 24.3 Å². The monoisotopic (exact) mass is 220 g/mol. The van der Waals surface area contributed by atoms with Gasteiger partial charge in [-0.2, -0.15) is 0 Å². The molecule has 3 heteroatoms. The zero-order valence-corrected chi connectivity index (χ0v) is 9.56. The third-order valence-electron chi connectivity index (χ3n) is 3.43. The van der Waals surface area contributed by atoms with Crippen LogP contribution < -0.4 is 0 Å². The second kappa shape index (κ2) is 3.91. The molecule has 86 valence electrons. The number of methoxy groups -OCH3 is 1. The highest BCUT2D eigenvalue weighted by Crippen LogP contribution is 2.50. The molecule has 1 fully saturated rings. The molecule has 1 aromatic carbocycles. The molecule has 0 saturated heterocycles. The zero-order valence-electron chi connectivity index (χ0n) is 9.56. The van der Waals surface area contributed by atoms with E-state index in [1.807, 2.05) is 31.2 Å². The minimum absolute atomic E-state index is 0.0620. The molecule has 0 aromatic heterocycles. The molecular weight excluding hydrogens is 204 g/mol. The van der Waals surface area contributed by atoms with E-state index in [1.54, 1.807) is 7.11 Å². The average molecular weight is 220 g/mol. The normalized spacial score (nSPS) is 19.1. The summed E-state index contributed by atoms with van der Waals surface area (Å²) in [5.74, 6) is -0.719. The lowest BCUT2D eigenvalue weighted by Gasteiger charge is -2.19. The van der Waals surface area contributed by atoms with Crippen molar-refractivity contribution in [1.82, 2.24) is 0 Å². The predicted molar refractivity (Wildman–Crippen MR) is 60.4 cm³/mol. The van der Waals surface area contributed by atoms with E-state index in [-0.39, 0.29) is 6.10 Å². The van der Waals surface area contributed by atoms with Gasteiger partial charge in [0.05, 0.1) is 11.5 Å². The van der Waals surface area contributed by atoms with Crippen molar-refractivity contribution in [3.63, 3.8) is 0 Å². The summed E-state index contributed by atoms with van der Waals surface area (Å²) < 4.78 is 5.29. The van der Waals surface area contributed by atoms with Gasteiger partial charge in [0.15, 0.2) is 0 Å². The molecular formula is C13H16O3. The highest BCUT2D eigenvalue weighted by Gasteiger charge is 2.52. The van der Waals surface area contributed by atoms with Crippen LogP contribution in [0.3, 0.4) is 0 Å². The maximum Gasteiger partial charge on any atom is 0.314 e. The fraction of sp³-hybridized carbons (Fsp3) is 0.462. The van der Waals surface area contributed by atoms with Crippen molar-refractivity contribution in [3.8, 4) is 0 Å². The Morgan fingerprint density at radius 2 is 2.06 bits per heavy atom. The van der Waals surface area contributed by atoms with Crippen molar-refractivity contribution in [2.24, 2.45) is 0 Å². The molecule has 1 saturated carbocycles. The number of hydrogen-bond acceptors (Lipinski definition) is 2. The largest absolute Gasteiger partial charge is 0.481 e. The van der Waals surface area contributed by atoms with Crippen LogP contribution in [-0.4, -0.2) is 18.2 Å².